The highest BCUT2D eigenvalue weighted by atomic mass is 16.5. The summed E-state index contributed by atoms with van der Waals surface area (Å²) in [6.45, 7) is 7.28. The molecule has 1 spiro atoms. The summed E-state index contributed by atoms with van der Waals surface area (Å²) in [5, 5.41) is 3.46. The molecule has 5 nitrogen and oxygen atoms in total. The van der Waals surface area contributed by atoms with Gasteiger partial charge in [-0.15, -0.1) is 0 Å². The molecule has 21 heavy (non-hydrogen) atoms. The van der Waals surface area contributed by atoms with Crippen molar-refractivity contribution in [3.05, 3.63) is 0 Å². The van der Waals surface area contributed by atoms with Gasteiger partial charge in [0.2, 0.25) is 0 Å². The fourth-order valence-corrected chi connectivity index (χ4v) is 3.78. The molecule has 0 aromatic heterocycles. The molecule has 0 aliphatic carbocycles. The maximum Gasteiger partial charge on any atom is 0.251 e. The van der Waals surface area contributed by atoms with E-state index in [0.29, 0.717) is 12.0 Å². The van der Waals surface area contributed by atoms with Crippen LogP contribution in [0.25, 0.3) is 0 Å². The number of hydrogen-bond donors (Lipinski definition) is 1. The maximum absolute atomic E-state index is 12.5. The van der Waals surface area contributed by atoms with Crippen molar-refractivity contribution in [3.8, 4) is 0 Å². The van der Waals surface area contributed by atoms with Crippen molar-refractivity contribution < 1.29 is 14.3 Å². The molecule has 0 aromatic rings. The zero-order chi connectivity index (χ0) is 14.7. The smallest absolute Gasteiger partial charge is 0.251 e. The molecule has 0 bridgehead atoms. The van der Waals surface area contributed by atoms with E-state index >= 15 is 0 Å². The van der Waals surface area contributed by atoms with Crippen LogP contribution in [-0.4, -0.2) is 62.4 Å². The summed E-state index contributed by atoms with van der Waals surface area (Å²) >= 11 is 0. The van der Waals surface area contributed by atoms with E-state index < -0.39 is 0 Å². The Labute approximate surface area is 127 Å². The van der Waals surface area contributed by atoms with Crippen molar-refractivity contribution in [2.75, 3.05) is 39.4 Å². The second-order valence-corrected chi connectivity index (χ2v) is 6.86. The number of nitrogens with zero attached hydrogens (tertiary/aromatic N) is 1. The number of nitrogens with one attached hydrogen (secondary N) is 1. The second kappa shape index (κ2) is 6.63. The van der Waals surface area contributed by atoms with E-state index in [1.54, 1.807) is 0 Å². The van der Waals surface area contributed by atoms with Gasteiger partial charge in [-0.2, -0.15) is 0 Å². The predicted molar refractivity (Wildman–Crippen MR) is 80.1 cm³/mol. The largest absolute Gasteiger partial charge is 0.376 e. The molecular weight excluding hydrogens is 268 g/mol. The number of likely N-dealkylation sites (tertiary alicyclic amines) is 1. The first kappa shape index (κ1) is 15.3. The average Bonchev–Trinajstić information content (AvgIpc) is 3.17. The van der Waals surface area contributed by atoms with Crippen LogP contribution in [0, 0.1) is 5.41 Å². The normalized spacial score (nSPS) is 30.0. The molecule has 2 unspecified atom stereocenters. The van der Waals surface area contributed by atoms with E-state index in [4.69, 9.17) is 9.47 Å². The molecular formula is C16H28N2O3. The Bertz CT molecular complexity index is 353. The molecule has 5 heteroatoms. The fraction of sp³-hybridized carbons (Fsp3) is 0.938. The Morgan fingerprint density at radius 2 is 2.24 bits per heavy atom. The molecule has 0 saturated carbocycles. The van der Waals surface area contributed by atoms with E-state index in [2.05, 4.69) is 5.32 Å². The van der Waals surface area contributed by atoms with Gasteiger partial charge in [-0.25, -0.2) is 0 Å². The van der Waals surface area contributed by atoms with Gasteiger partial charge in [-0.05, 0) is 51.0 Å². The van der Waals surface area contributed by atoms with Gasteiger partial charge in [0, 0.05) is 26.2 Å². The van der Waals surface area contributed by atoms with Gasteiger partial charge < -0.3 is 19.7 Å². The van der Waals surface area contributed by atoms with Crippen LogP contribution in [0.2, 0.25) is 0 Å². The Morgan fingerprint density at radius 3 is 2.86 bits per heavy atom. The van der Waals surface area contributed by atoms with Crippen molar-refractivity contribution in [2.24, 2.45) is 5.41 Å². The van der Waals surface area contributed by atoms with Crippen molar-refractivity contribution in [2.45, 2.75) is 51.2 Å². The lowest BCUT2D eigenvalue weighted by molar-refractivity contribution is -0.146. The number of ether oxygens (including phenoxy) is 2. The van der Waals surface area contributed by atoms with E-state index in [1.165, 1.54) is 6.42 Å². The summed E-state index contributed by atoms with van der Waals surface area (Å²) in [6.07, 6.45) is 5.53. The lowest BCUT2D eigenvalue weighted by Gasteiger charge is -2.39. The van der Waals surface area contributed by atoms with Gasteiger partial charge in [0.05, 0.1) is 12.7 Å². The highest BCUT2D eigenvalue weighted by Crippen LogP contribution is 2.37. The number of amides is 1. The van der Waals surface area contributed by atoms with E-state index in [-0.39, 0.29) is 18.1 Å². The number of hydrogen-bond acceptors (Lipinski definition) is 4. The van der Waals surface area contributed by atoms with Crippen molar-refractivity contribution >= 4 is 5.91 Å². The summed E-state index contributed by atoms with van der Waals surface area (Å²) in [4.78, 5) is 14.4. The van der Waals surface area contributed by atoms with Gasteiger partial charge in [0.15, 0.2) is 0 Å². The summed E-state index contributed by atoms with van der Waals surface area (Å²) in [7, 11) is 0. The number of piperidine rings is 1. The zero-order valence-corrected chi connectivity index (χ0v) is 13.1. The van der Waals surface area contributed by atoms with Crippen molar-refractivity contribution in [3.63, 3.8) is 0 Å². The molecule has 0 radical (unpaired) electrons. The molecule has 1 amide bonds. The van der Waals surface area contributed by atoms with Crippen molar-refractivity contribution in [1.82, 2.24) is 10.2 Å². The maximum atomic E-state index is 12.5. The molecule has 3 rings (SSSR count). The first-order valence-corrected chi connectivity index (χ1v) is 8.41. The topological polar surface area (TPSA) is 50.8 Å². The van der Waals surface area contributed by atoms with Gasteiger partial charge in [-0.1, -0.05) is 0 Å². The zero-order valence-electron chi connectivity index (χ0n) is 13.1. The van der Waals surface area contributed by atoms with E-state index in [1.807, 2.05) is 11.8 Å². The molecule has 3 aliphatic heterocycles. The molecule has 2 atom stereocenters. The summed E-state index contributed by atoms with van der Waals surface area (Å²) in [5.41, 5.74) is 0.457. The molecule has 3 saturated heterocycles. The van der Waals surface area contributed by atoms with Gasteiger partial charge >= 0.3 is 0 Å². The van der Waals surface area contributed by atoms with Gasteiger partial charge in [0.25, 0.3) is 5.91 Å². The number of carbonyl (C=O) groups is 1. The third-order valence-electron chi connectivity index (χ3n) is 5.37. The van der Waals surface area contributed by atoms with Crippen molar-refractivity contribution in [1.29, 1.82) is 0 Å². The lowest BCUT2D eigenvalue weighted by Crippen LogP contribution is -2.47. The molecule has 1 N–H and O–H groups in total. The Morgan fingerprint density at radius 1 is 1.43 bits per heavy atom. The lowest BCUT2D eigenvalue weighted by atomic mass is 9.78. The Hall–Kier alpha value is -0.650. The van der Waals surface area contributed by atoms with Crippen LogP contribution in [0.1, 0.15) is 39.0 Å². The minimum Gasteiger partial charge on any atom is -0.376 e. The van der Waals surface area contributed by atoms with E-state index in [0.717, 1.165) is 58.5 Å². The first-order valence-electron chi connectivity index (χ1n) is 8.41. The predicted octanol–water partition coefficient (Wildman–Crippen LogP) is 1.17. The Kier molecular flexibility index (Phi) is 4.82. The summed E-state index contributed by atoms with van der Waals surface area (Å²) in [5.74, 6) is 0.147. The van der Waals surface area contributed by atoms with Crippen LogP contribution >= 0.6 is 0 Å². The standard InChI is InChI=1S/C16H28N2O3/c1-13(21-11-14-3-2-10-20-14)15(19)18-8-5-16(6-9-18)4-7-17-12-16/h13-14,17H,2-12H2,1H3. The summed E-state index contributed by atoms with van der Waals surface area (Å²) < 4.78 is 11.3. The molecule has 3 aliphatic rings. The highest BCUT2D eigenvalue weighted by Gasteiger charge is 2.38. The van der Waals surface area contributed by atoms with Gasteiger partial charge in [-0.3, -0.25) is 4.79 Å². The minimum absolute atomic E-state index is 0.147. The fourth-order valence-electron chi connectivity index (χ4n) is 3.78. The SMILES string of the molecule is CC(OCC1CCCO1)C(=O)N1CCC2(CCNC2)CC1. The van der Waals surface area contributed by atoms with Crippen LogP contribution in [0.15, 0.2) is 0 Å². The molecule has 120 valence electrons. The van der Waals surface area contributed by atoms with Crippen LogP contribution in [0.3, 0.4) is 0 Å². The number of carbonyl (C=O) groups excluding carboxylic acids is 1. The third kappa shape index (κ3) is 3.58. The van der Waals surface area contributed by atoms with Crippen LogP contribution in [-0.2, 0) is 14.3 Å². The molecule has 0 aromatic carbocycles. The van der Waals surface area contributed by atoms with Gasteiger partial charge in [0.1, 0.15) is 6.10 Å². The van der Waals surface area contributed by atoms with E-state index in [9.17, 15) is 4.79 Å². The monoisotopic (exact) mass is 296 g/mol. The highest BCUT2D eigenvalue weighted by molar-refractivity contribution is 5.80. The van der Waals surface area contributed by atoms with Crippen LogP contribution in [0.5, 0.6) is 0 Å². The molecule has 3 fully saturated rings. The van der Waals surface area contributed by atoms with Crippen LogP contribution in [0.4, 0.5) is 0 Å². The quantitative estimate of drug-likeness (QED) is 0.846. The summed E-state index contributed by atoms with van der Waals surface area (Å²) in [6, 6.07) is 0. The minimum atomic E-state index is -0.343. The third-order valence-corrected chi connectivity index (χ3v) is 5.37. The first-order chi connectivity index (χ1) is 10.2. The molecule has 3 heterocycles. The average molecular weight is 296 g/mol. The number of rotatable bonds is 4. The second-order valence-electron chi connectivity index (χ2n) is 6.86. The van der Waals surface area contributed by atoms with Crippen LogP contribution < -0.4 is 5.32 Å². The Balaban J connectivity index is 1.42.